The molecule has 3 nitrogen and oxygen atoms in total. The second-order valence-corrected chi connectivity index (χ2v) is 6.54. The van der Waals surface area contributed by atoms with E-state index in [1.165, 1.54) is 6.07 Å². The molecule has 3 rings (SSSR count). The number of benzene rings is 1. The number of hydrogen-bond acceptors (Lipinski definition) is 3. The third-order valence-electron chi connectivity index (χ3n) is 4.94. The molecule has 128 valence electrons. The number of halogens is 4. The molecular formula is C16H19F4NO2. The van der Waals surface area contributed by atoms with Gasteiger partial charge in [0.2, 0.25) is 0 Å². The molecule has 2 heterocycles. The van der Waals surface area contributed by atoms with Crippen LogP contribution in [0.5, 0.6) is 0 Å². The molecule has 0 spiro atoms. The molecule has 0 saturated carbocycles. The van der Waals surface area contributed by atoms with Crippen molar-refractivity contribution in [2.24, 2.45) is 11.3 Å². The first-order chi connectivity index (χ1) is 10.8. The maximum Gasteiger partial charge on any atom is 0.419 e. The van der Waals surface area contributed by atoms with Crippen molar-refractivity contribution in [1.82, 2.24) is 4.90 Å². The van der Waals surface area contributed by atoms with Crippen LogP contribution in [0.2, 0.25) is 0 Å². The minimum Gasteiger partial charge on any atom is -0.396 e. The molecule has 0 radical (unpaired) electrons. The highest BCUT2D eigenvalue weighted by Crippen LogP contribution is 2.41. The molecule has 0 aromatic heterocycles. The predicted octanol–water partition coefficient (Wildman–Crippen LogP) is 2.68. The molecule has 1 N–H and O–H groups in total. The number of rotatable bonds is 3. The van der Waals surface area contributed by atoms with Gasteiger partial charge in [-0.25, -0.2) is 4.39 Å². The van der Waals surface area contributed by atoms with Crippen molar-refractivity contribution in [3.63, 3.8) is 0 Å². The van der Waals surface area contributed by atoms with E-state index >= 15 is 0 Å². The van der Waals surface area contributed by atoms with Crippen LogP contribution >= 0.6 is 0 Å². The molecule has 1 aromatic rings. The van der Waals surface area contributed by atoms with E-state index in [0.717, 1.165) is 25.1 Å². The lowest BCUT2D eigenvalue weighted by Crippen LogP contribution is -2.42. The van der Waals surface area contributed by atoms with Gasteiger partial charge in [-0.1, -0.05) is 6.07 Å². The van der Waals surface area contributed by atoms with Gasteiger partial charge in [-0.15, -0.1) is 0 Å². The minimum absolute atomic E-state index is 0.0234. The van der Waals surface area contributed by atoms with Crippen LogP contribution in [0.25, 0.3) is 0 Å². The van der Waals surface area contributed by atoms with E-state index in [9.17, 15) is 22.7 Å². The summed E-state index contributed by atoms with van der Waals surface area (Å²) in [6, 6.07) is 3.06. The van der Waals surface area contributed by atoms with Crippen LogP contribution in [0.1, 0.15) is 17.5 Å². The number of nitrogens with zero attached hydrogens (tertiary/aromatic N) is 1. The SMILES string of the molecule is OC[C@]12COCC[C@H]1CN(Cc1ccc(C(F)(F)F)c(F)c1)C2. The fourth-order valence-electron chi connectivity index (χ4n) is 3.70. The summed E-state index contributed by atoms with van der Waals surface area (Å²) in [6.07, 6.45) is -3.82. The van der Waals surface area contributed by atoms with Crippen molar-refractivity contribution >= 4 is 0 Å². The van der Waals surface area contributed by atoms with Gasteiger partial charge in [0.15, 0.2) is 0 Å². The zero-order valence-electron chi connectivity index (χ0n) is 12.6. The summed E-state index contributed by atoms with van der Waals surface area (Å²) < 4.78 is 56.9. The number of ether oxygens (including phenoxy) is 1. The van der Waals surface area contributed by atoms with E-state index in [0.29, 0.717) is 37.8 Å². The maximum atomic E-state index is 13.7. The van der Waals surface area contributed by atoms with Gasteiger partial charge in [-0.2, -0.15) is 13.2 Å². The number of fused-ring (bicyclic) bond motifs is 1. The van der Waals surface area contributed by atoms with Gasteiger partial charge in [0, 0.05) is 31.7 Å². The van der Waals surface area contributed by atoms with Crippen LogP contribution in [0.15, 0.2) is 18.2 Å². The lowest BCUT2D eigenvalue weighted by atomic mass is 9.76. The summed E-state index contributed by atoms with van der Waals surface area (Å²) in [5.41, 5.74) is -1.04. The Morgan fingerprint density at radius 1 is 1.35 bits per heavy atom. The van der Waals surface area contributed by atoms with Crippen molar-refractivity contribution in [1.29, 1.82) is 0 Å². The second-order valence-electron chi connectivity index (χ2n) is 6.54. The molecule has 2 fully saturated rings. The largest absolute Gasteiger partial charge is 0.419 e. The average Bonchev–Trinajstić information content (AvgIpc) is 2.84. The lowest BCUT2D eigenvalue weighted by Gasteiger charge is -2.36. The highest BCUT2D eigenvalue weighted by Gasteiger charge is 2.48. The number of alkyl halides is 3. The Hall–Kier alpha value is -1.18. The van der Waals surface area contributed by atoms with E-state index in [4.69, 9.17) is 4.74 Å². The van der Waals surface area contributed by atoms with Crippen LogP contribution in [0, 0.1) is 17.2 Å². The van der Waals surface area contributed by atoms with Crippen LogP contribution in [0.4, 0.5) is 17.6 Å². The van der Waals surface area contributed by atoms with E-state index in [1.54, 1.807) is 0 Å². The summed E-state index contributed by atoms with van der Waals surface area (Å²) in [5, 5.41) is 9.71. The van der Waals surface area contributed by atoms with E-state index < -0.39 is 17.6 Å². The first kappa shape index (κ1) is 16.7. The van der Waals surface area contributed by atoms with Crippen molar-refractivity contribution in [3.05, 3.63) is 35.1 Å². The molecular weight excluding hydrogens is 314 g/mol. The summed E-state index contributed by atoms with van der Waals surface area (Å²) in [7, 11) is 0. The summed E-state index contributed by atoms with van der Waals surface area (Å²) in [4.78, 5) is 2.05. The Morgan fingerprint density at radius 2 is 2.13 bits per heavy atom. The van der Waals surface area contributed by atoms with E-state index in [-0.39, 0.29) is 12.0 Å². The minimum atomic E-state index is -4.68. The normalized spacial score (nSPS) is 28.8. The van der Waals surface area contributed by atoms with E-state index in [1.807, 2.05) is 0 Å². The average molecular weight is 333 g/mol. The molecule has 23 heavy (non-hydrogen) atoms. The summed E-state index contributed by atoms with van der Waals surface area (Å²) >= 11 is 0. The maximum absolute atomic E-state index is 13.7. The van der Waals surface area contributed by atoms with E-state index in [2.05, 4.69) is 4.90 Å². The predicted molar refractivity (Wildman–Crippen MR) is 75.1 cm³/mol. The quantitative estimate of drug-likeness (QED) is 0.864. The Morgan fingerprint density at radius 3 is 2.74 bits per heavy atom. The monoisotopic (exact) mass is 333 g/mol. The van der Waals surface area contributed by atoms with Crippen molar-refractivity contribution < 1.29 is 27.4 Å². The topological polar surface area (TPSA) is 32.7 Å². The smallest absolute Gasteiger partial charge is 0.396 e. The summed E-state index contributed by atoms with van der Waals surface area (Å²) in [6.45, 7) is 2.90. The first-order valence-corrected chi connectivity index (χ1v) is 7.61. The van der Waals surface area contributed by atoms with Gasteiger partial charge >= 0.3 is 6.18 Å². The number of aliphatic hydroxyl groups is 1. The fourth-order valence-corrected chi connectivity index (χ4v) is 3.70. The van der Waals surface area contributed by atoms with Crippen LogP contribution < -0.4 is 0 Å². The van der Waals surface area contributed by atoms with Gasteiger partial charge < -0.3 is 9.84 Å². The fraction of sp³-hybridized carbons (Fsp3) is 0.625. The molecule has 0 bridgehead atoms. The summed E-state index contributed by atoms with van der Waals surface area (Å²) in [5.74, 6) is -0.938. The Bertz CT molecular complexity index is 578. The van der Waals surface area contributed by atoms with Crippen LogP contribution in [-0.2, 0) is 17.5 Å². The van der Waals surface area contributed by atoms with Gasteiger partial charge in [0.1, 0.15) is 5.82 Å². The van der Waals surface area contributed by atoms with Gasteiger partial charge in [-0.05, 0) is 30.0 Å². The molecule has 2 atom stereocenters. The highest BCUT2D eigenvalue weighted by atomic mass is 19.4. The Kier molecular flexibility index (Phi) is 4.37. The standard InChI is InChI=1S/C16H19F4NO2/c17-14-5-11(1-2-13(14)16(18,19)20)6-21-7-12-3-4-23-10-15(12,8-21)9-22/h1-2,5,12,22H,3-4,6-10H2/t12-,15+/m0/s1. The van der Waals surface area contributed by atoms with Crippen molar-refractivity contribution in [3.8, 4) is 0 Å². The molecule has 1 aromatic carbocycles. The zero-order chi connectivity index (χ0) is 16.7. The van der Waals surface area contributed by atoms with Crippen LogP contribution in [0.3, 0.4) is 0 Å². The molecule has 2 saturated heterocycles. The molecule has 0 aliphatic carbocycles. The molecule has 2 aliphatic rings. The molecule has 2 aliphatic heterocycles. The highest BCUT2D eigenvalue weighted by molar-refractivity contribution is 5.26. The van der Waals surface area contributed by atoms with Gasteiger partial charge in [-0.3, -0.25) is 4.90 Å². The molecule has 0 amide bonds. The third kappa shape index (κ3) is 3.22. The van der Waals surface area contributed by atoms with Crippen molar-refractivity contribution in [2.75, 3.05) is 32.9 Å². The Balaban J connectivity index is 1.72. The van der Waals surface area contributed by atoms with Crippen molar-refractivity contribution in [2.45, 2.75) is 19.1 Å². The molecule has 7 heteroatoms. The second kappa shape index (κ2) is 6.03. The molecule has 0 unspecified atom stereocenters. The number of likely N-dealkylation sites (tertiary alicyclic amines) is 1. The lowest BCUT2D eigenvalue weighted by molar-refractivity contribution is -0.140. The Labute approximate surface area is 131 Å². The number of aliphatic hydroxyl groups excluding tert-OH is 1. The first-order valence-electron chi connectivity index (χ1n) is 7.61. The zero-order valence-corrected chi connectivity index (χ0v) is 12.6. The van der Waals surface area contributed by atoms with Crippen LogP contribution in [-0.4, -0.2) is 42.9 Å². The van der Waals surface area contributed by atoms with Gasteiger partial charge in [0.25, 0.3) is 0 Å². The third-order valence-corrected chi connectivity index (χ3v) is 4.94. The number of hydrogen-bond donors (Lipinski definition) is 1. The van der Waals surface area contributed by atoms with Gasteiger partial charge in [0.05, 0.1) is 18.8 Å².